The van der Waals surface area contributed by atoms with Crippen molar-refractivity contribution in [3.63, 3.8) is 0 Å². The molecule has 1 aromatic carbocycles. The predicted octanol–water partition coefficient (Wildman–Crippen LogP) is 1.09. The van der Waals surface area contributed by atoms with Gasteiger partial charge >= 0.3 is 11.8 Å². The van der Waals surface area contributed by atoms with Gasteiger partial charge in [-0.2, -0.15) is 4.98 Å². The van der Waals surface area contributed by atoms with Crippen molar-refractivity contribution < 1.29 is 9.32 Å². The Labute approximate surface area is 129 Å². The van der Waals surface area contributed by atoms with Gasteiger partial charge in [-0.15, -0.1) is 0 Å². The number of rotatable bonds is 6. The van der Waals surface area contributed by atoms with Crippen LogP contribution < -0.4 is 10.2 Å². The van der Waals surface area contributed by atoms with Gasteiger partial charge in [-0.25, -0.2) is 0 Å². The molecule has 22 heavy (non-hydrogen) atoms. The van der Waals surface area contributed by atoms with Gasteiger partial charge in [0.05, 0.1) is 0 Å². The number of anilines is 1. The van der Waals surface area contributed by atoms with Crippen LogP contribution in [0.5, 0.6) is 0 Å². The highest BCUT2D eigenvalue weighted by atomic mass is 16.5. The second-order valence-corrected chi connectivity index (χ2v) is 5.42. The van der Waals surface area contributed by atoms with Gasteiger partial charge in [0.25, 0.3) is 0 Å². The Kier molecular flexibility index (Phi) is 5.11. The van der Waals surface area contributed by atoms with Crippen molar-refractivity contribution in [3.8, 4) is 11.4 Å². The fraction of sp³-hybridized carbons (Fsp3) is 0.400. The third-order valence-electron chi connectivity index (χ3n) is 3.11. The zero-order chi connectivity index (χ0) is 16.1. The number of likely N-dealkylation sites (N-methyl/N-ethyl adjacent to an activating group) is 1. The van der Waals surface area contributed by atoms with E-state index >= 15 is 0 Å². The third kappa shape index (κ3) is 4.05. The van der Waals surface area contributed by atoms with Crippen LogP contribution >= 0.6 is 0 Å². The molecular weight excluding hydrogens is 282 g/mol. The molecule has 1 aromatic heterocycles. The molecule has 1 N–H and O–H groups in total. The van der Waals surface area contributed by atoms with Crippen LogP contribution in [-0.2, 0) is 0 Å². The summed E-state index contributed by atoms with van der Waals surface area (Å²) in [4.78, 5) is 20.0. The van der Waals surface area contributed by atoms with Crippen molar-refractivity contribution in [1.82, 2.24) is 20.4 Å². The first-order valence-electron chi connectivity index (χ1n) is 7.02. The molecule has 2 aromatic rings. The molecule has 7 nitrogen and oxygen atoms in total. The quantitative estimate of drug-likeness (QED) is 0.861. The van der Waals surface area contributed by atoms with Crippen LogP contribution in [0.3, 0.4) is 0 Å². The van der Waals surface area contributed by atoms with Crippen LogP contribution in [0.15, 0.2) is 28.8 Å². The first-order chi connectivity index (χ1) is 10.5. The molecule has 118 valence electrons. The lowest BCUT2D eigenvalue weighted by Gasteiger charge is -2.11. The summed E-state index contributed by atoms with van der Waals surface area (Å²) in [6.45, 7) is 1.28. The molecule has 0 fully saturated rings. The van der Waals surface area contributed by atoms with Gasteiger partial charge in [0.2, 0.25) is 5.82 Å². The second-order valence-electron chi connectivity index (χ2n) is 5.42. The van der Waals surface area contributed by atoms with Crippen molar-refractivity contribution in [1.29, 1.82) is 0 Å². The largest absolute Gasteiger partial charge is 0.378 e. The average Bonchev–Trinajstić information content (AvgIpc) is 2.96. The molecule has 0 bridgehead atoms. The summed E-state index contributed by atoms with van der Waals surface area (Å²) >= 11 is 0. The number of carbonyl (C=O) groups excluding carboxylic acids is 1. The highest BCUT2D eigenvalue weighted by Gasteiger charge is 2.15. The van der Waals surface area contributed by atoms with Crippen LogP contribution in [0.2, 0.25) is 0 Å². The SMILES string of the molecule is CN(C)CCNC(=O)c1nc(-c2ccc(N(C)C)cc2)no1. The van der Waals surface area contributed by atoms with Gasteiger partial charge in [0.1, 0.15) is 0 Å². The van der Waals surface area contributed by atoms with E-state index in [1.807, 2.05) is 62.3 Å². The van der Waals surface area contributed by atoms with E-state index in [9.17, 15) is 4.79 Å². The fourth-order valence-electron chi connectivity index (χ4n) is 1.81. The van der Waals surface area contributed by atoms with Crippen molar-refractivity contribution in [2.45, 2.75) is 0 Å². The minimum absolute atomic E-state index is 0.0227. The van der Waals surface area contributed by atoms with E-state index < -0.39 is 0 Å². The maximum atomic E-state index is 11.9. The van der Waals surface area contributed by atoms with Crippen molar-refractivity contribution in [3.05, 3.63) is 30.2 Å². The molecule has 1 heterocycles. The number of benzene rings is 1. The highest BCUT2D eigenvalue weighted by molar-refractivity contribution is 5.89. The molecule has 0 saturated heterocycles. The number of nitrogens with one attached hydrogen (secondary N) is 1. The number of carbonyl (C=O) groups is 1. The molecule has 0 radical (unpaired) electrons. The normalized spacial score (nSPS) is 10.8. The summed E-state index contributed by atoms with van der Waals surface area (Å²) in [6, 6.07) is 7.72. The zero-order valence-electron chi connectivity index (χ0n) is 13.3. The third-order valence-corrected chi connectivity index (χ3v) is 3.11. The minimum Gasteiger partial charge on any atom is -0.378 e. The Bertz CT molecular complexity index is 619. The number of hydrogen-bond donors (Lipinski definition) is 1. The second kappa shape index (κ2) is 7.04. The number of amides is 1. The van der Waals surface area contributed by atoms with Crippen LogP contribution in [0, 0.1) is 0 Å². The Balaban J connectivity index is 2.02. The molecule has 0 spiro atoms. The van der Waals surface area contributed by atoms with E-state index in [2.05, 4.69) is 15.5 Å². The van der Waals surface area contributed by atoms with Gasteiger partial charge in [0.15, 0.2) is 0 Å². The van der Waals surface area contributed by atoms with Crippen LogP contribution in [0.1, 0.15) is 10.7 Å². The molecule has 0 aliphatic heterocycles. The fourth-order valence-corrected chi connectivity index (χ4v) is 1.81. The number of hydrogen-bond acceptors (Lipinski definition) is 6. The highest BCUT2D eigenvalue weighted by Crippen LogP contribution is 2.19. The molecule has 0 unspecified atom stereocenters. The summed E-state index contributed by atoms with van der Waals surface area (Å²) in [5, 5.41) is 6.59. The van der Waals surface area contributed by atoms with Crippen molar-refractivity contribution >= 4 is 11.6 Å². The maximum Gasteiger partial charge on any atom is 0.316 e. The number of nitrogens with zero attached hydrogens (tertiary/aromatic N) is 4. The summed E-state index contributed by atoms with van der Waals surface area (Å²) in [7, 11) is 7.82. The number of aromatic nitrogens is 2. The zero-order valence-corrected chi connectivity index (χ0v) is 13.3. The topological polar surface area (TPSA) is 74.5 Å². The van der Waals surface area contributed by atoms with Crippen molar-refractivity contribution in [2.24, 2.45) is 0 Å². The van der Waals surface area contributed by atoms with E-state index in [0.717, 1.165) is 17.8 Å². The lowest BCUT2D eigenvalue weighted by Crippen LogP contribution is -2.31. The van der Waals surface area contributed by atoms with E-state index in [-0.39, 0.29) is 11.8 Å². The van der Waals surface area contributed by atoms with E-state index in [0.29, 0.717) is 12.4 Å². The van der Waals surface area contributed by atoms with Gasteiger partial charge in [-0.3, -0.25) is 4.79 Å². The average molecular weight is 303 g/mol. The standard InChI is InChI=1S/C15H21N5O2/c1-19(2)10-9-16-14(21)15-17-13(18-22-15)11-5-7-12(8-6-11)20(3)4/h5-8H,9-10H2,1-4H3,(H,16,21). The van der Waals surface area contributed by atoms with Crippen molar-refractivity contribution in [2.75, 3.05) is 46.2 Å². The lowest BCUT2D eigenvalue weighted by atomic mass is 10.2. The molecule has 0 aliphatic carbocycles. The predicted molar refractivity (Wildman–Crippen MR) is 84.9 cm³/mol. The van der Waals surface area contributed by atoms with E-state index in [1.165, 1.54) is 0 Å². The van der Waals surface area contributed by atoms with Crippen LogP contribution in [-0.4, -0.2) is 62.2 Å². The summed E-state index contributed by atoms with van der Waals surface area (Å²) in [6.07, 6.45) is 0. The first kappa shape index (κ1) is 16.0. The summed E-state index contributed by atoms with van der Waals surface area (Å²) in [5.41, 5.74) is 1.88. The molecule has 7 heteroatoms. The molecule has 0 atom stereocenters. The van der Waals surface area contributed by atoms with E-state index in [4.69, 9.17) is 4.52 Å². The Morgan fingerprint density at radius 2 is 1.86 bits per heavy atom. The first-order valence-corrected chi connectivity index (χ1v) is 7.02. The maximum absolute atomic E-state index is 11.9. The van der Waals surface area contributed by atoms with Gasteiger partial charge in [0, 0.05) is 38.4 Å². The molecular formula is C15H21N5O2. The Morgan fingerprint density at radius 1 is 1.18 bits per heavy atom. The minimum atomic E-state index is -0.356. The lowest BCUT2D eigenvalue weighted by molar-refractivity contribution is 0.0907. The van der Waals surface area contributed by atoms with E-state index in [1.54, 1.807) is 0 Å². The molecule has 1 amide bonds. The smallest absolute Gasteiger partial charge is 0.316 e. The van der Waals surface area contributed by atoms with Crippen LogP contribution in [0.25, 0.3) is 11.4 Å². The summed E-state index contributed by atoms with van der Waals surface area (Å²) in [5.74, 6) is 0.0269. The Hall–Kier alpha value is -2.41. The summed E-state index contributed by atoms with van der Waals surface area (Å²) < 4.78 is 5.02. The molecule has 0 saturated carbocycles. The van der Waals surface area contributed by atoms with Gasteiger partial charge in [-0.1, -0.05) is 5.16 Å². The van der Waals surface area contributed by atoms with Crippen LogP contribution in [0.4, 0.5) is 5.69 Å². The molecule has 2 rings (SSSR count). The monoisotopic (exact) mass is 303 g/mol. The van der Waals surface area contributed by atoms with Gasteiger partial charge in [-0.05, 0) is 38.4 Å². The molecule has 0 aliphatic rings. The van der Waals surface area contributed by atoms with Gasteiger partial charge < -0.3 is 19.6 Å². The Morgan fingerprint density at radius 3 is 2.45 bits per heavy atom.